The number of pyridine rings is 1. The normalized spacial score (nSPS) is 18.3. The lowest BCUT2D eigenvalue weighted by Gasteiger charge is -2.29. The van der Waals surface area contributed by atoms with Gasteiger partial charge in [0.05, 0.1) is 6.20 Å². The van der Waals surface area contributed by atoms with E-state index in [0.29, 0.717) is 5.92 Å². The zero-order valence-electron chi connectivity index (χ0n) is 10.1. The highest BCUT2D eigenvalue weighted by molar-refractivity contribution is 5.85. The van der Waals surface area contributed by atoms with Gasteiger partial charge in [-0.2, -0.15) is 0 Å². The van der Waals surface area contributed by atoms with Crippen LogP contribution < -0.4 is 5.84 Å². The Kier molecular flexibility index (Phi) is 2.97. The Labute approximate surface area is 105 Å². The molecule has 0 saturated carbocycles. The van der Waals surface area contributed by atoms with Crippen LogP contribution in [0.5, 0.6) is 0 Å². The number of rotatable bonds is 1. The molecule has 0 unspecified atom stereocenters. The van der Waals surface area contributed by atoms with E-state index in [4.69, 9.17) is 5.84 Å². The quantitative estimate of drug-likeness (QED) is 0.785. The third-order valence-corrected chi connectivity index (χ3v) is 3.74. The molecule has 1 aliphatic heterocycles. The van der Waals surface area contributed by atoms with Crippen molar-refractivity contribution >= 4 is 10.8 Å². The molecule has 4 heteroatoms. The number of hydrogen-bond acceptors (Lipinski definition) is 3. The topological polar surface area (TPSA) is 42.1 Å². The minimum Gasteiger partial charge on any atom is -0.269 e. The fourth-order valence-electron chi connectivity index (χ4n) is 2.77. The number of hydrazine groups is 1. The second kappa shape index (κ2) is 4.63. The van der Waals surface area contributed by atoms with Crippen molar-refractivity contribution in [1.82, 2.24) is 9.99 Å². The summed E-state index contributed by atoms with van der Waals surface area (Å²) in [7, 11) is 0. The van der Waals surface area contributed by atoms with Crippen molar-refractivity contribution in [1.29, 1.82) is 0 Å². The van der Waals surface area contributed by atoms with Crippen LogP contribution in [0.1, 0.15) is 24.3 Å². The predicted molar refractivity (Wildman–Crippen MR) is 69.4 cm³/mol. The molecule has 0 bridgehead atoms. The molecule has 1 aromatic heterocycles. The molecule has 1 saturated heterocycles. The van der Waals surface area contributed by atoms with E-state index in [0.717, 1.165) is 42.3 Å². The minimum atomic E-state index is -0.224. The van der Waals surface area contributed by atoms with Crippen molar-refractivity contribution < 1.29 is 4.39 Å². The molecule has 3 rings (SSSR count). The van der Waals surface area contributed by atoms with E-state index in [-0.39, 0.29) is 5.82 Å². The Morgan fingerprint density at radius 3 is 2.78 bits per heavy atom. The minimum absolute atomic E-state index is 0.224. The zero-order valence-corrected chi connectivity index (χ0v) is 10.1. The number of piperidine rings is 1. The standard InChI is InChI=1S/C14H16FN3/c15-13-9-17-8-11-2-1-3-12(14(11)13)10-4-6-18(16)7-5-10/h1-3,8-10H,4-7,16H2. The molecule has 0 spiro atoms. The molecule has 0 radical (unpaired) electrons. The van der Waals surface area contributed by atoms with Crippen molar-refractivity contribution in [2.45, 2.75) is 18.8 Å². The molecule has 1 aromatic carbocycles. The van der Waals surface area contributed by atoms with Gasteiger partial charge in [-0.1, -0.05) is 18.2 Å². The van der Waals surface area contributed by atoms with Gasteiger partial charge in [0.2, 0.25) is 0 Å². The van der Waals surface area contributed by atoms with Gasteiger partial charge < -0.3 is 0 Å². The first-order valence-corrected chi connectivity index (χ1v) is 6.27. The summed E-state index contributed by atoms with van der Waals surface area (Å²) in [6, 6.07) is 5.92. The number of aromatic nitrogens is 1. The highest BCUT2D eigenvalue weighted by Gasteiger charge is 2.21. The second-order valence-corrected chi connectivity index (χ2v) is 4.88. The largest absolute Gasteiger partial charge is 0.269 e. The molecule has 2 heterocycles. The van der Waals surface area contributed by atoms with E-state index in [1.807, 2.05) is 23.2 Å². The third-order valence-electron chi connectivity index (χ3n) is 3.74. The van der Waals surface area contributed by atoms with Crippen molar-refractivity contribution in [3.8, 4) is 0 Å². The highest BCUT2D eigenvalue weighted by atomic mass is 19.1. The molecule has 1 aliphatic rings. The van der Waals surface area contributed by atoms with E-state index in [2.05, 4.69) is 4.98 Å². The summed E-state index contributed by atoms with van der Waals surface area (Å²) in [5.41, 5.74) is 1.10. The highest BCUT2D eigenvalue weighted by Crippen LogP contribution is 2.33. The summed E-state index contributed by atoms with van der Waals surface area (Å²) >= 11 is 0. The fraction of sp³-hybridized carbons (Fsp3) is 0.357. The van der Waals surface area contributed by atoms with Crippen LogP contribution in [0.2, 0.25) is 0 Å². The molecule has 2 aromatic rings. The smallest absolute Gasteiger partial charge is 0.149 e. The first-order valence-electron chi connectivity index (χ1n) is 6.27. The Morgan fingerprint density at radius 1 is 1.22 bits per heavy atom. The molecule has 2 N–H and O–H groups in total. The van der Waals surface area contributed by atoms with E-state index in [9.17, 15) is 4.39 Å². The maximum absolute atomic E-state index is 14.0. The second-order valence-electron chi connectivity index (χ2n) is 4.88. The van der Waals surface area contributed by atoms with Gasteiger partial charge in [-0.15, -0.1) is 0 Å². The van der Waals surface area contributed by atoms with Crippen LogP contribution in [0.3, 0.4) is 0 Å². The number of hydrogen-bond donors (Lipinski definition) is 1. The first-order chi connectivity index (χ1) is 8.75. The van der Waals surface area contributed by atoms with Crippen LogP contribution in [0, 0.1) is 5.82 Å². The number of nitrogens with two attached hydrogens (primary N) is 1. The Hall–Kier alpha value is -1.52. The predicted octanol–water partition coefficient (Wildman–Crippen LogP) is 2.43. The first kappa shape index (κ1) is 11.6. The summed E-state index contributed by atoms with van der Waals surface area (Å²) in [4.78, 5) is 3.91. The van der Waals surface area contributed by atoms with Crippen molar-refractivity contribution in [2.24, 2.45) is 5.84 Å². The molecule has 0 aliphatic carbocycles. The summed E-state index contributed by atoms with van der Waals surface area (Å²) < 4.78 is 14.0. The molecule has 1 fully saturated rings. The SMILES string of the molecule is NN1CCC(c2cccc3cncc(F)c23)CC1. The summed E-state index contributed by atoms with van der Waals surface area (Å²) in [6.07, 6.45) is 4.98. The maximum Gasteiger partial charge on any atom is 0.149 e. The molecule has 3 nitrogen and oxygen atoms in total. The number of nitrogens with zero attached hydrogens (tertiary/aromatic N) is 2. The van der Waals surface area contributed by atoms with Gasteiger partial charge in [0.1, 0.15) is 5.82 Å². The van der Waals surface area contributed by atoms with Crippen LogP contribution in [0.4, 0.5) is 4.39 Å². The Balaban J connectivity index is 2.06. The van der Waals surface area contributed by atoms with Gasteiger partial charge in [-0.05, 0) is 24.3 Å². The molecule has 0 amide bonds. The van der Waals surface area contributed by atoms with E-state index in [1.54, 1.807) is 6.20 Å². The summed E-state index contributed by atoms with van der Waals surface area (Å²) in [5.74, 6) is 5.94. The Morgan fingerprint density at radius 2 is 2.00 bits per heavy atom. The van der Waals surface area contributed by atoms with Gasteiger partial charge in [0, 0.05) is 30.1 Å². The van der Waals surface area contributed by atoms with Gasteiger partial charge >= 0.3 is 0 Å². The lowest BCUT2D eigenvalue weighted by Crippen LogP contribution is -2.38. The van der Waals surface area contributed by atoms with Gasteiger partial charge in [0.15, 0.2) is 0 Å². The van der Waals surface area contributed by atoms with E-state index < -0.39 is 0 Å². The molecular formula is C14H16FN3. The zero-order chi connectivity index (χ0) is 12.5. The van der Waals surface area contributed by atoms with Crippen LogP contribution in [0.25, 0.3) is 10.8 Å². The lowest BCUT2D eigenvalue weighted by atomic mass is 9.87. The number of halogens is 1. The maximum atomic E-state index is 14.0. The van der Waals surface area contributed by atoms with Crippen LogP contribution >= 0.6 is 0 Å². The fourth-order valence-corrected chi connectivity index (χ4v) is 2.77. The van der Waals surface area contributed by atoms with Crippen molar-refractivity contribution in [3.63, 3.8) is 0 Å². The Bertz CT molecular complexity index is 557. The van der Waals surface area contributed by atoms with E-state index >= 15 is 0 Å². The lowest BCUT2D eigenvalue weighted by molar-refractivity contribution is 0.218. The van der Waals surface area contributed by atoms with E-state index in [1.165, 1.54) is 6.20 Å². The number of fused-ring (bicyclic) bond motifs is 1. The molecule has 0 atom stereocenters. The summed E-state index contributed by atoms with van der Waals surface area (Å²) in [5, 5.41) is 3.44. The molecule has 94 valence electrons. The number of benzene rings is 1. The molecule has 18 heavy (non-hydrogen) atoms. The average Bonchev–Trinajstić information content (AvgIpc) is 2.39. The van der Waals surface area contributed by atoms with Gasteiger partial charge in [-0.25, -0.2) is 9.40 Å². The van der Waals surface area contributed by atoms with Crippen LogP contribution in [-0.4, -0.2) is 23.1 Å². The van der Waals surface area contributed by atoms with Crippen LogP contribution in [0.15, 0.2) is 30.6 Å². The monoisotopic (exact) mass is 245 g/mol. The molecular weight excluding hydrogens is 229 g/mol. The average molecular weight is 245 g/mol. The van der Waals surface area contributed by atoms with Gasteiger partial charge in [-0.3, -0.25) is 10.8 Å². The van der Waals surface area contributed by atoms with Crippen molar-refractivity contribution in [3.05, 3.63) is 42.0 Å². The third kappa shape index (κ3) is 1.98. The van der Waals surface area contributed by atoms with Gasteiger partial charge in [0.25, 0.3) is 0 Å². The summed E-state index contributed by atoms with van der Waals surface area (Å²) in [6.45, 7) is 1.74. The van der Waals surface area contributed by atoms with Crippen molar-refractivity contribution in [2.75, 3.05) is 13.1 Å². The van der Waals surface area contributed by atoms with Crippen LogP contribution in [-0.2, 0) is 0 Å².